The Bertz CT molecular complexity index is 895. The van der Waals surface area contributed by atoms with E-state index < -0.39 is 15.9 Å². The topological polar surface area (TPSA) is 143 Å². The summed E-state index contributed by atoms with van der Waals surface area (Å²) < 4.78 is 27.5. The molecule has 0 aliphatic carbocycles. The number of anilines is 1. The van der Waals surface area contributed by atoms with Crippen LogP contribution in [0.15, 0.2) is 40.9 Å². The van der Waals surface area contributed by atoms with Crippen molar-refractivity contribution >= 4 is 27.6 Å². The number of carbonyl (C=O) groups is 2. The molecule has 1 heterocycles. The highest BCUT2D eigenvalue weighted by Crippen LogP contribution is 2.20. The van der Waals surface area contributed by atoms with Crippen molar-refractivity contribution in [3.8, 4) is 6.07 Å². The zero-order valence-corrected chi connectivity index (χ0v) is 16.2. The Morgan fingerprint density at radius 1 is 1.32 bits per heavy atom. The van der Waals surface area contributed by atoms with Gasteiger partial charge in [0.1, 0.15) is 11.6 Å². The second-order valence-corrected chi connectivity index (χ2v) is 7.80. The molecule has 1 fully saturated rings. The second-order valence-electron chi connectivity index (χ2n) is 6.24. The van der Waals surface area contributed by atoms with Crippen LogP contribution in [-0.2, 0) is 24.3 Å². The molecule has 150 valence electrons. The number of sulfonamides is 1. The highest BCUT2D eigenvalue weighted by atomic mass is 32.2. The Morgan fingerprint density at radius 2 is 1.93 bits per heavy atom. The molecule has 1 amide bonds. The molecule has 1 saturated heterocycles. The normalized spacial score (nSPS) is 15.6. The first-order chi connectivity index (χ1) is 13.2. The van der Waals surface area contributed by atoms with E-state index in [1.54, 1.807) is 6.92 Å². The summed E-state index contributed by atoms with van der Waals surface area (Å²) in [4.78, 5) is 25.8. The molecule has 10 heteroatoms. The number of carbonyl (C=O) groups excluding carboxylic acids is 2. The van der Waals surface area contributed by atoms with Crippen molar-refractivity contribution in [1.29, 1.82) is 5.26 Å². The molecule has 2 rings (SSSR count). The van der Waals surface area contributed by atoms with Gasteiger partial charge in [-0.15, -0.1) is 0 Å². The van der Waals surface area contributed by atoms with Crippen molar-refractivity contribution in [3.05, 3.63) is 36.0 Å². The van der Waals surface area contributed by atoms with Crippen molar-refractivity contribution in [2.75, 3.05) is 25.0 Å². The lowest BCUT2D eigenvalue weighted by molar-refractivity contribution is -0.149. The number of benzene rings is 1. The Kier molecular flexibility index (Phi) is 7.14. The summed E-state index contributed by atoms with van der Waals surface area (Å²) >= 11 is 0. The van der Waals surface area contributed by atoms with E-state index in [2.05, 4.69) is 5.32 Å². The fraction of sp³-hybridized carbons (Fsp3) is 0.389. The Morgan fingerprint density at radius 3 is 2.43 bits per heavy atom. The minimum Gasteiger partial charge on any atom is -0.466 e. The van der Waals surface area contributed by atoms with E-state index in [1.165, 1.54) is 30.5 Å². The van der Waals surface area contributed by atoms with Gasteiger partial charge in [-0.2, -0.15) is 5.26 Å². The summed E-state index contributed by atoms with van der Waals surface area (Å²) in [6.07, 6.45) is 2.64. The maximum Gasteiger partial charge on any atom is 0.309 e. The molecule has 0 atom stereocenters. The van der Waals surface area contributed by atoms with E-state index in [4.69, 9.17) is 9.88 Å². The van der Waals surface area contributed by atoms with E-state index in [1.807, 2.05) is 11.0 Å². The van der Waals surface area contributed by atoms with E-state index >= 15 is 0 Å². The first-order valence-electron chi connectivity index (χ1n) is 8.71. The van der Waals surface area contributed by atoms with Crippen molar-refractivity contribution in [1.82, 2.24) is 4.90 Å². The number of likely N-dealkylation sites (tertiary alicyclic amines) is 1. The SMILES string of the molecule is CCOC(=O)C1CCN(/C=C(/C#N)C(=O)Nc2ccc(S(N)(=O)=O)cc2)CC1. The third kappa shape index (κ3) is 5.80. The number of ether oxygens (including phenoxy) is 1. The Labute approximate surface area is 163 Å². The minimum atomic E-state index is -3.82. The molecular weight excluding hydrogens is 384 g/mol. The number of piperidine rings is 1. The van der Waals surface area contributed by atoms with Crippen LogP contribution in [0, 0.1) is 17.2 Å². The summed E-state index contributed by atoms with van der Waals surface area (Å²) in [5.41, 5.74) is 0.240. The lowest BCUT2D eigenvalue weighted by atomic mass is 9.97. The van der Waals surface area contributed by atoms with Crippen LogP contribution in [0.25, 0.3) is 0 Å². The molecule has 1 aliphatic rings. The fourth-order valence-electron chi connectivity index (χ4n) is 2.77. The highest BCUT2D eigenvalue weighted by molar-refractivity contribution is 7.89. The van der Waals surface area contributed by atoms with Gasteiger partial charge in [0.15, 0.2) is 0 Å². The lowest BCUT2D eigenvalue weighted by Crippen LogP contribution is -2.34. The van der Waals surface area contributed by atoms with Gasteiger partial charge in [-0.25, -0.2) is 13.6 Å². The van der Waals surface area contributed by atoms with Crippen LogP contribution < -0.4 is 10.5 Å². The predicted molar refractivity (Wildman–Crippen MR) is 101 cm³/mol. The number of amides is 1. The smallest absolute Gasteiger partial charge is 0.309 e. The summed E-state index contributed by atoms with van der Waals surface area (Å²) in [6.45, 7) is 3.17. The number of primary sulfonamides is 1. The molecule has 1 aromatic carbocycles. The van der Waals surface area contributed by atoms with Gasteiger partial charge in [0.2, 0.25) is 10.0 Å². The van der Waals surface area contributed by atoms with Gasteiger partial charge < -0.3 is 15.0 Å². The van der Waals surface area contributed by atoms with Crippen LogP contribution in [0.1, 0.15) is 19.8 Å². The molecule has 28 heavy (non-hydrogen) atoms. The Hall–Kier alpha value is -2.90. The van der Waals surface area contributed by atoms with Crippen LogP contribution in [0.5, 0.6) is 0 Å². The molecule has 3 N–H and O–H groups in total. The summed E-state index contributed by atoms with van der Waals surface area (Å²) in [5, 5.41) is 16.9. The zero-order valence-electron chi connectivity index (χ0n) is 15.4. The monoisotopic (exact) mass is 406 g/mol. The number of nitrogens with two attached hydrogens (primary N) is 1. The van der Waals surface area contributed by atoms with Crippen molar-refractivity contribution in [3.63, 3.8) is 0 Å². The summed E-state index contributed by atoms with van der Waals surface area (Å²) in [7, 11) is -3.82. The number of esters is 1. The quantitative estimate of drug-likeness (QED) is 0.407. The largest absolute Gasteiger partial charge is 0.466 e. The number of rotatable bonds is 6. The van der Waals surface area contributed by atoms with Gasteiger partial charge in [-0.1, -0.05) is 0 Å². The Balaban J connectivity index is 1.98. The number of nitriles is 1. The van der Waals surface area contributed by atoms with Crippen LogP contribution >= 0.6 is 0 Å². The molecule has 0 bridgehead atoms. The number of hydrogen-bond acceptors (Lipinski definition) is 7. The van der Waals surface area contributed by atoms with Crippen LogP contribution in [0.3, 0.4) is 0 Å². The average Bonchev–Trinajstić information content (AvgIpc) is 2.66. The number of nitrogens with zero attached hydrogens (tertiary/aromatic N) is 2. The van der Waals surface area contributed by atoms with Gasteiger partial charge in [-0.05, 0) is 44.0 Å². The zero-order chi connectivity index (χ0) is 20.7. The highest BCUT2D eigenvalue weighted by Gasteiger charge is 2.25. The maximum absolute atomic E-state index is 12.3. The van der Waals surface area contributed by atoms with Crippen LogP contribution in [0.2, 0.25) is 0 Å². The molecule has 9 nitrogen and oxygen atoms in total. The number of hydrogen-bond donors (Lipinski definition) is 2. The van der Waals surface area contributed by atoms with Gasteiger partial charge >= 0.3 is 5.97 Å². The molecule has 1 aromatic rings. The predicted octanol–water partition coefficient (Wildman–Crippen LogP) is 0.955. The summed E-state index contributed by atoms with van der Waals surface area (Å²) in [6, 6.07) is 7.16. The minimum absolute atomic E-state index is 0.0778. The van der Waals surface area contributed by atoms with Crippen molar-refractivity contribution < 1.29 is 22.7 Å². The first kappa shape index (κ1) is 21.4. The van der Waals surface area contributed by atoms with E-state index in [0.29, 0.717) is 38.2 Å². The fourth-order valence-corrected chi connectivity index (χ4v) is 3.29. The van der Waals surface area contributed by atoms with E-state index in [9.17, 15) is 23.3 Å². The standard InChI is InChI=1S/C18H22N4O5S/c1-2-27-18(24)13-7-9-22(10-8-13)12-14(11-19)17(23)21-15-3-5-16(6-4-15)28(20,25)26/h3-6,12-13H,2,7-10H2,1H3,(H,21,23)(H2,20,25,26)/b14-12-. The van der Waals surface area contributed by atoms with Gasteiger partial charge in [0.05, 0.1) is 17.4 Å². The number of nitrogens with one attached hydrogen (secondary N) is 1. The third-order valence-corrected chi connectivity index (χ3v) is 5.20. The van der Waals surface area contributed by atoms with Crippen LogP contribution in [-0.4, -0.2) is 44.9 Å². The van der Waals surface area contributed by atoms with Gasteiger partial charge in [0.25, 0.3) is 5.91 Å². The first-order valence-corrected chi connectivity index (χ1v) is 10.3. The average molecular weight is 406 g/mol. The maximum atomic E-state index is 12.3. The van der Waals surface area contributed by atoms with E-state index in [0.717, 1.165) is 0 Å². The lowest BCUT2D eigenvalue weighted by Gasteiger charge is -2.30. The molecule has 0 saturated carbocycles. The third-order valence-electron chi connectivity index (χ3n) is 4.27. The molecule has 1 aliphatic heterocycles. The molecule has 0 spiro atoms. The van der Waals surface area contributed by atoms with Gasteiger partial charge in [-0.3, -0.25) is 9.59 Å². The van der Waals surface area contributed by atoms with Crippen molar-refractivity contribution in [2.45, 2.75) is 24.7 Å². The van der Waals surface area contributed by atoms with Crippen molar-refractivity contribution in [2.24, 2.45) is 11.1 Å². The summed E-state index contributed by atoms with van der Waals surface area (Å²) in [5.74, 6) is -0.994. The van der Waals surface area contributed by atoms with Crippen LogP contribution in [0.4, 0.5) is 5.69 Å². The molecular formula is C18H22N4O5S. The van der Waals surface area contributed by atoms with Gasteiger partial charge in [0, 0.05) is 25.0 Å². The van der Waals surface area contributed by atoms with E-state index in [-0.39, 0.29) is 22.4 Å². The second kappa shape index (κ2) is 9.34. The molecule has 0 radical (unpaired) electrons. The molecule has 0 aromatic heterocycles. The molecule has 0 unspecified atom stereocenters.